The minimum atomic E-state index is -0.393. The minimum Gasteiger partial charge on any atom is -0.463 e. The highest BCUT2D eigenvalue weighted by Crippen LogP contribution is 2.35. The first-order valence-corrected chi connectivity index (χ1v) is 6.12. The van der Waals surface area contributed by atoms with E-state index in [0.717, 1.165) is 11.1 Å². The van der Waals surface area contributed by atoms with Crippen molar-refractivity contribution in [3.05, 3.63) is 29.3 Å². The van der Waals surface area contributed by atoms with Crippen molar-refractivity contribution in [1.82, 2.24) is 0 Å². The van der Waals surface area contributed by atoms with Gasteiger partial charge in [0.15, 0.2) is 11.5 Å². The van der Waals surface area contributed by atoms with Gasteiger partial charge in [-0.25, -0.2) is 4.79 Å². The summed E-state index contributed by atoms with van der Waals surface area (Å²) < 4.78 is 15.4. The van der Waals surface area contributed by atoms with Gasteiger partial charge in [-0.15, -0.1) is 0 Å². The lowest BCUT2D eigenvalue weighted by atomic mass is 10.0. The zero-order valence-electron chi connectivity index (χ0n) is 10.7. The summed E-state index contributed by atoms with van der Waals surface area (Å²) in [6.07, 6.45) is 3.51. The summed E-state index contributed by atoms with van der Waals surface area (Å²) in [4.78, 5) is 11.3. The van der Waals surface area contributed by atoms with Crippen LogP contribution < -0.4 is 9.47 Å². The first-order valence-electron chi connectivity index (χ1n) is 6.12. The van der Waals surface area contributed by atoms with Crippen LogP contribution in [0.4, 0.5) is 0 Å². The highest BCUT2D eigenvalue weighted by molar-refractivity contribution is 5.87. The first-order chi connectivity index (χ1) is 9.24. The Balaban J connectivity index is 2.25. The molecule has 0 spiro atoms. The number of aliphatic hydroxyl groups is 1. The Hall–Kier alpha value is -2.01. The molecule has 1 N–H and O–H groups in total. The number of ether oxygens (including phenoxy) is 3. The lowest BCUT2D eigenvalue weighted by Gasteiger charge is -2.06. The Morgan fingerprint density at radius 1 is 1.42 bits per heavy atom. The molecule has 5 heteroatoms. The zero-order valence-corrected chi connectivity index (χ0v) is 10.7. The van der Waals surface area contributed by atoms with Crippen LogP contribution in [0.2, 0.25) is 0 Å². The third kappa shape index (κ3) is 3.26. The second-order valence-corrected chi connectivity index (χ2v) is 3.96. The van der Waals surface area contributed by atoms with Crippen molar-refractivity contribution in [2.45, 2.75) is 13.3 Å². The molecule has 1 aliphatic rings. The summed E-state index contributed by atoms with van der Waals surface area (Å²) in [5, 5.41) is 9.07. The molecule has 0 unspecified atom stereocenters. The van der Waals surface area contributed by atoms with Crippen LogP contribution in [0.5, 0.6) is 11.5 Å². The van der Waals surface area contributed by atoms with Gasteiger partial charge in [-0.1, -0.05) is 0 Å². The van der Waals surface area contributed by atoms with Crippen LogP contribution in [0.3, 0.4) is 0 Å². The molecule has 0 amide bonds. The second-order valence-electron chi connectivity index (χ2n) is 3.96. The number of carbonyl (C=O) groups is 1. The molecule has 0 saturated heterocycles. The molecular formula is C14H16O5. The van der Waals surface area contributed by atoms with Gasteiger partial charge in [0.2, 0.25) is 6.79 Å². The van der Waals surface area contributed by atoms with E-state index in [0.29, 0.717) is 24.5 Å². The minimum absolute atomic E-state index is 0.0277. The van der Waals surface area contributed by atoms with Crippen molar-refractivity contribution in [1.29, 1.82) is 0 Å². The number of carbonyl (C=O) groups excluding carboxylic acids is 1. The molecule has 0 atom stereocenters. The number of esters is 1. The van der Waals surface area contributed by atoms with E-state index in [1.807, 2.05) is 6.07 Å². The predicted molar refractivity (Wildman–Crippen MR) is 69.0 cm³/mol. The molecule has 5 nitrogen and oxygen atoms in total. The van der Waals surface area contributed by atoms with Crippen molar-refractivity contribution < 1.29 is 24.1 Å². The first kappa shape index (κ1) is 13.4. The summed E-state index contributed by atoms with van der Waals surface area (Å²) in [5.41, 5.74) is 1.71. The van der Waals surface area contributed by atoms with Crippen LogP contribution in [0.1, 0.15) is 18.1 Å². The Labute approximate surface area is 111 Å². The normalized spacial score (nSPS) is 12.9. The quantitative estimate of drug-likeness (QED) is 0.645. The number of aliphatic hydroxyl groups excluding tert-OH is 1. The molecule has 0 saturated carbocycles. The maximum atomic E-state index is 11.3. The summed E-state index contributed by atoms with van der Waals surface area (Å²) in [5.74, 6) is 0.914. The molecule has 2 rings (SSSR count). The molecule has 1 heterocycles. The summed E-state index contributed by atoms with van der Waals surface area (Å²) in [6.45, 7) is 2.32. The highest BCUT2D eigenvalue weighted by atomic mass is 16.7. The van der Waals surface area contributed by atoms with Crippen molar-refractivity contribution in [3.8, 4) is 11.5 Å². The highest BCUT2D eigenvalue weighted by Gasteiger charge is 2.16. The monoisotopic (exact) mass is 264 g/mol. The number of hydrogen-bond acceptors (Lipinski definition) is 5. The molecule has 1 aromatic carbocycles. The van der Waals surface area contributed by atoms with Crippen molar-refractivity contribution >= 4 is 12.0 Å². The van der Waals surface area contributed by atoms with E-state index >= 15 is 0 Å². The predicted octanol–water partition coefficient (Wildman–Crippen LogP) is 1.53. The lowest BCUT2D eigenvalue weighted by molar-refractivity contribution is -0.137. The Bertz CT molecular complexity index is 493. The molecule has 1 aromatic rings. The summed E-state index contributed by atoms with van der Waals surface area (Å²) in [7, 11) is 0. The van der Waals surface area contributed by atoms with Crippen LogP contribution in [0, 0.1) is 0 Å². The smallest absolute Gasteiger partial charge is 0.330 e. The van der Waals surface area contributed by atoms with Gasteiger partial charge >= 0.3 is 5.97 Å². The van der Waals surface area contributed by atoms with Crippen molar-refractivity contribution in [2.75, 3.05) is 20.0 Å². The zero-order chi connectivity index (χ0) is 13.7. The maximum Gasteiger partial charge on any atom is 0.330 e. The topological polar surface area (TPSA) is 65.0 Å². The second kappa shape index (κ2) is 6.24. The number of rotatable bonds is 5. The average Bonchev–Trinajstić information content (AvgIpc) is 2.84. The molecule has 0 fully saturated rings. The van der Waals surface area contributed by atoms with Crippen LogP contribution in [0.25, 0.3) is 6.08 Å². The fourth-order valence-corrected chi connectivity index (χ4v) is 1.84. The van der Waals surface area contributed by atoms with Crippen LogP contribution in [-0.2, 0) is 16.0 Å². The molecule has 1 aliphatic heterocycles. The van der Waals surface area contributed by atoms with Gasteiger partial charge in [0.25, 0.3) is 0 Å². The number of benzene rings is 1. The van der Waals surface area contributed by atoms with E-state index in [9.17, 15) is 4.79 Å². The maximum absolute atomic E-state index is 11.3. The van der Waals surface area contributed by atoms with Gasteiger partial charge in [-0.2, -0.15) is 0 Å². The Kier molecular flexibility index (Phi) is 4.41. The Morgan fingerprint density at radius 3 is 2.84 bits per heavy atom. The Morgan fingerprint density at radius 2 is 2.16 bits per heavy atom. The summed E-state index contributed by atoms with van der Waals surface area (Å²) in [6, 6.07) is 3.62. The molecular weight excluding hydrogens is 248 g/mol. The third-order valence-electron chi connectivity index (χ3n) is 2.70. The van der Waals surface area contributed by atoms with E-state index in [2.05, 4.69) is 0 Å². The van der Waals surface area contributed by atoms with Gasteiger partial charge in [0, 0.05) is 12.7 Å². The van der Waals surface area contributed by atoms with E-state index in [-0.39, 0.29) is 13.4 Å². The van der Waals surface area contributed by atoms with E-state index in [1.54, 1.807) is 19.1 Å². The van der Waals surface area contributed by atoms with Gasteiger partial charge in [0.1, 0.15) is 0 Å². The van der Waals surface area contributed by atoms with Crippen molar-refractivity contribution in [2.24, 2.45) is 0 Å². The fourth-order valence-electron chi connectivity index (χ4n) is 1.84. The average molecular weight is 264 g/mol. The van der Waals surface area contributed by atoms with Crippen LogP contribution in [0.15, 0.2) is 18.2 Å². The van der Waals surface area contributed by atoms with E-state index < -0.39 is 5.97 Å². The summed E-state index contributed by atoms with van der Waals surface area (Å²) >= 11 is 0. The SMILES string of the molecule is CCOC(=O)C=Cc1cc2c(cc1CCO)OCO2. The van der Waals surface area contributed by atoms with E-state index in [4.69, 9.17) is 19.3 Å². The molecule has 0 aromatic heterocycles. The van der Waals surface area contributed by atoms with Gasteiger partial charge < -0.3 is 19.3 Å². The van der Waals surface area contributed by atoms with Crippen LogP contribution in [-0.4, -0.2) is 31.1 Å². The molecule has 0 bridgehead atoms. The molecule has 0 radical (unpaired) electrons. The lowest BCUT2D eigenvalue weighted by Crippen LogP contribution is -1.99. The number of fused-ring (bicyclic) bond motifs is 1. The standard InChI is InChI=1S/C14H16O5/c1-2-17-14(16)4-3-10-7-12-13(19-9-18-12)8-11(10)5-6-15/h3-4,7-8,15H,2,5-6,9H2,1H3. The molecule has 0 aliphatic carbocycles. The van der Waals surface area contributed by atoms with Crippen LogP contribution >= 0.6 is 0 Å². The van der Waals surface area contributed by atoms with Gasteiger partial charge in [0.05, 0.1) is 6.61 Å². The van der Waals surface area contributed by atoms with E-state index in [1.165, 1.54) is 6.08 Å². The van der Waals surface area contributed by atoms with Gasteiger partial charge in [-0.05, 0) is 42.7 Å². The third-order valence-corrected chi connectivity index (χ3v) is 2.70. The molecule has 102 valence electrons. The fraction of sp³-hybridized carbons (Fsp3) is 0.357. The number of hydrogen-bond donors (Lipinski definition) is 1. The van der Waals surface area contributed by atoms with Gasteiger partial charge in [-0.3, -0.25) is 0 Å². The van der Waals surface area contributed by atoms with Crippen molar-refractivity contribution in [3.63, 3.8) is 0 Å². The largest absolute Gasteiger partial charge is 0.463 e. The molecule has 19 heavy (non-hydrogen) atoms.